The van der Waals surface area contributed by atoms with Crippen LogP contribution in [0, 0.1) is 5.92 Å². The third-order valence-corrected chi connectivity index (χ3v) is 5.09. The molecule has 1 aliphatic rings. The van der Waals surface area contributed by atoms with E-state index in [9.17, 15) is 14.4 Å². The second-order valence-corrected chi connectivity index (χ2v) is 6.76. The Bertz CT molecular complexity index is 882. The minimum atomic E-state index is -0.479. The maximum atomic E-state index is 12.5. The number of halogens is 1. The lowest BCUT2D eigenvalue weighted by molar-refractivity contribution is -0.132. The van der Waals surface area contributed by atoms with Crippen molar-refractivity contribution in [3.63, 3.8) is 0 Å². The highest BCUT2D eigenvalue weighted by atomic mass is 35.5. The summed E-state index contributed by atoms with van der Waals surface area (Å²) in [7, 11) is 0. The number of carbonyl (C=O) groups excluding carboxylic acids is 1. The highest BCUT2D eigenvalue weighted by Crippen LogP contribution is 2.20. The summed E-state index contributed by atoms with van der Waals surface area (Å²) in [6.45, 7) is 3.69. The van der Waals surface area contributed by atoms with Gasteiger partial charge in [-0.2, -0.15) is 0 Å². The zero-order chi connectivity index (χ0) is 18.0. The second-order valence-electron chi connectivity index (χ2n) is 6.76. The van der Waals surface area contributed by atoms with E-state index in [1.807, 2.05) is 11.8 Å². The number of para-hydroxylation sites is 1. The molecule has 2 aromatic rings. The minimum Gasteiger partial charge on any atom is -0.343 e. The molecule has 2 heterocycles. The van der Waals surface area contributed by atoms with Crippen LogP contribution >= 0.6 is 12.4 Å². The van der Waals surface area contributed by atoms with Crippen LogP contribution in [0.1, 0.15) is 26.2 Å². The van der Waals surface area contributed by atoms with Crippen LogP contribution in [0.5, 0.6) is 0 Å². The molecule has 1 atom stereocenters. The zero-order valence-corrected chi connectivity index (χ0v) is 15.6. The Hall–Kier alpha value is -2.12. The van der Waals surface area contributed by atoms with Crippen LogP contribution in [-0.4, -0.2) is 39.5 Å². The lowest BCUT2D eigenvalue weighted by atomic mass is 9.91. The normalized spacial score (nSPS) is 16.3. The Labute approximate surface area is 157 Å². The number of rotatable bonds is 4. The molecule has 142 valence electrons. The van der Waals surface area contributed by atoms with E-state index in [2.05, 4.69) is 4.98 Å². The van der Waals surface area contributed by atoms with Crippen molar-refractivity contribution in [2.45, 2.75) is 38.8 Å². The number of aromatic nitrogens is 2. The Kier molecular flexibility index (Phi) is 6.61. The summed E-state index contributed by atoms with van der Waals surface area (Å²) in [5.74, 6) is 0.500. The van der Waals surface area contributed by atoms with Crippen LogP contribution in [0.3, 0.4) is 0 Å². The second kappa shape index (κ2) is 8.51. The quantitative estimate of drug-likeness (QED) is 0.828. The molecule has 3 N–H and O–H groups in total. The van der Waals surface area contributed by atoms with E-state index in [1.54, 1.807) is 24.3 Å². The standard InChI is InChI=1S/C18H24N4O3.ClH/c1-12(19)13-6-9-21(10-7-13)16(23)8-11-22-15-5-3-2-4-14(15)17(24)20-18(22)25;/h2-5,12-13H,6-11,19H2,1H3,(H,20,24,25);1H. The molecule has 1 unspecified atom stereocenters. The van der Waals surface area contributed by atoms with Gasteiger partial charge in [0.2, 0.25) is 5.91 Å². The lowest BCUT2D eigenvalue weighted by Crippen LogP contribution is -2.43. The van der Waals surface area contributed by atoms with Crippen LogP contribution in [0.25, 0.3) is 10.9 Å². The summed E-state index contributed by atoms with van der Waals surface area (Å²) in [4.78, 5) is 40.6. The van der Waals surface area contributed by atoms with Gasteiger partial charge in [-0.05, 0) is 37.8 Å². The molecule has 26 heavy (non-hydrogen) atoms. The number of H-pyrrole nitrogens is 1. The molecule has 0 spiro atoms. The van der Waals surface area contributed by atoms with Crippen molar-refractivity contribution in [2.75, 3.05) is 13.1 Å². The van der Waals surface area contributed by atoms with Crippen LogP contribution in [0.4, 0.5) is 0 Å². The minimum absolute atomic E-state index is 0. The van der Waals surface area contributed by atoms with Crippen LogP contribution in [0.2, 0.25) is 0 Å². The molecule has 1 aromatic heterocycles. The molecule has 0 aliphatic carbocycles. The molecule has 0 saturated carbocycles. The number of aromatic amines is 1. The first-order valence-electron chi connectivity index (χ1n) is 8.72. The third kappa shape index (κ3) is 4.16. The van der Waals surface area contributed by atoms with Crippen molar-refractivity contribution in [1.29, 1.82) is 0 Å². The molecule has 0 bridgehead atoms. The van der Waals surface area contributed by atoms with Crippen LogP contribution < -0.4 is 17.0 Å². The summed E-state index contributed by atoms with van der Waals surface area (Å²) >= 11 is 0. The number of benzene rings is 1. The van der Waals surface area contributed by atoms with Gasteiger partial charge in [-0.3, -0.25) is 19.1 Å². The maximum Gasteiger partial charge on any atom is 0.328 e. The van der Waals surface area contributed by atoms with Crippen molar-refractivity contribution < 1.29 is 4.79 Å². The van der Waals surface area contributed by atoms with Gasteiger partial charge in [0.25, 0.3) is 5.56 Å². The molecule has 0 radical (unpaired) electrons. The molecule has 7 nitrogen and oxygen atoms in total. The van der Waals surface area contributed by atoms with Gasteiger partial charge in [0.05, 0.1) is 10.9 Å². The summed E-state index contributed by atoms with van der Waals surface area (Å²) < 4.78 is 1.46. The van der Waals surface area contributed by atoms with E-state index < -0.39 is 11.2 Å². The van der Waals surface area contributed by atoms with E-state index in [0.717, 1.165) is 12.8 Å². The molecular weight excluding hydrogens is 356 g/mol. The van der Waals surface area contributed by atoms with Crippen molar-refractivity contribution in [3.05, 3.63) is 45.1 Å². The Morgan fingerprint density at radius 3 is 2.58 bits per heavy atom. The highest BCUT2D eigenvalue weighted by Gasteiger charge is 2.24. The zero-order valence-electron chi connectivity index (χ0n) is 14.8. The first-order chi connectivity index (χ1) is 12.0. The number of nitrogens with two attached hydrogens (primary N) is 1. The smallest absolute Gasteiger partial charge is 0.328 e. The first-order valence-corrected chi connectivity index (χ1v) is 8.72. The fraction of sp³-hybridized carbons (Fsp3) is 0.500. The fourth-order valence-corrected chi connectivity index (χ4v) is 3.50. The molecule has 1 amide bonds. The molecular formula is C18H25ClN4O3. The van der Waals surface area contributed by atoms with Crippen molar-refractivity contribution in [1.82, 2.24) is 14.5 Å². The summed E-state index contributed by atoms with van der Waals surface area (Å²) in [6, 6.07) is 7.08. The lowest BCUT2D eigenvalue weighted by Gasteiger charge is -2.33. The number of hydrogen-bond donors (Lipinski definition) is 2. The predicted molar refractivity (Wildman–Crippen MR) is 104 cm³/mol. The van der Waals surface area contributed by atoms with Gasteiger partial charge < -0.3 is 10.6 Å². The largest absolute Gasteiger partial charge is 0.343 e. The number of amides is 1. The van der Waals surface area contributed by atoms with E-state index in [1.165, 1.54) is 4.57 Å². The number of fused-ring (bicyclic) bond motifs is 1. The van der Waals surface area contributed by atoms with Gasteiger partial charge in [0.1, 0.15) is 0 Å². The van der Waals surface area contributed by atoms with Crippen molar-refractivity contribution in [3.8, 4) is 0 Å². The number of likely N-dealkylation sites (tertiary alicyclic amines) is 1. The van der Waals surface area contributed by atoms with Gasteiger partial charge in [-0.15, -0.1) is 12.4 Å². The van der Waals surface area contributed by atoms with Crippen molar-refractivity contribution in [2.24, 2.45) is 11.7 Å². The van der Waals surface area contributed by atoms with Gasteiger partial charge in [0.15, 0.2) is 0 Å². The number of piperidine rings is 1. The molecule has 8 heteroatoms. The first kappa shape index (κ1) is 20.2. The topological polar surface area (TPSA) is 101 Å². The van der Waals surface area contributed by atoms with Crippen molar-refractivity contribution >= 4 is 29.2 Å². The Morgan fingerprint density at radius 2 is 1.92 bits per heavy atom. The molecule has 1 aliphatic heterocycles. The van der Waals surface area contributed by atoms with E-state index in [-0.39, 0.29) is 37.3 Å². The maximum absolute atomic E-state index is 12.5. The Morgan fingerprint density at radius 1 is 1.27 bits per heavy atom. The van der Waals surface area contributed by atoms with Gasteiger partial charge in [-0.25, -0.2) is 4.79 Å². The molecule has 3 rings (SSSR count). The Balaban J connectivity index is 0.00000243. The van der Waals surface area contributed by atoms with Crippen LogP contribution in [0.15, 0.2) is 33.9 Å². The fourth-order valence-electron chi connectivity index (χ4n) is 3.50. The average Bonchev–Trinajstić information content (AvgIpc) is 2.61. The number of nitrogens with one attached hydrogen (secondary N) is 1. The monoisotopic (exact) mass is 380 g/mol. The summed E-state index contributed by atoms with van der Waals surface area (Å²) in [5.41, 5.74) is 5.61. The number of aryl methyl sites for hydroxylation is 1. The third-order valence-electron chi connectivity index (χ3n) is 5.09. The van der Waals surface area contributed by atoms with Gasteiger partial charge in [-0.1, -0.05) is 12.1 Å². The van der Waals surface area contributed by atoms with Gasteiger partial charge in [0, 0.05) is 32.1 Å². The van der Waals surface area contributed by atoms with Crippen LogP contribution in [-0.2, 0) is 11.3 Å². The van der Waals surface area contributed by atoms with E-state index in [0.29, 0.717) is 29.9 Å². The SMILES string of the molecule is CC(N)C1CCN(C(=O)CCn2c(=O)[nH]c(=O)c3ccccc32)CC1.Cl. The number of nitrogens with zero attached hydrogens (tertiary/aromatic N) is 2. The van der Waals surface area contributed by atoms with E-state index >= 15 is 0 Å². The van der Waals surface area contributed by atoms with E-state index in [4.69, 9.17) is 5.73 Å². The highest BCUT2D eigenvalue weighted by molar-refractivity contribution is 5.85. The molecule has 1 fully saturated rings. The average molecular weight is 381 g/mol. The number of hydrogen-bond acceptors (Lipinski definition) is 4. The summed E-state index contributed by atoms with van der Waals surface area (Å²) in [6.07, 6.45) is 2.08. The molecule has 1 saturated heterocycles. The predicted octanol–water partition coefficient (Wildman–Crippen LogP) is 1.09. The van der Waals surface area contributed by atoms with Gasteiger partial charge >= 0.3 is 5.69 Å². The number of carbonyl (C=O) groups is 1. The molecule has 1 aromatic carbocycles. The summed E-state index contributed by atoms with van der Waals surface area (Å²) in [5, 5.41) is 0.451.